The number of aromatic carboxylic acids is 1. The minimum atomic E-state index is -3.78. The molecule has 0 fully saturated rings. The summed E-state index contributed by atoms with van der Waals surface area (Å²) in [5, 5.41) is 18.4. The number of phenols is 1. The molecule has 9 heteroatoms. The Kier molecular flexibility index (Phi) is 4.26. The number of anilines is 1. The molecule has 0 spiro atoms. The number of nitrogens with one attached hydrogen (secondary N) is 1. The molecular formula is C12H10BrNO5S2. The Morgan fingerprint density at radius 1 is 1.33 bits per heavy atom. The van der Waals surface area contributed by atoms with E-state index in [-0.39, 0.29) is 15.5 Å². The van der Waals surface area contributed by atoms with Gasteiger partial charge in [0, 0.05) is 6.07 Å². The van der Waals surface area contributed by atoms with E-state index in [0.717, 1.165) is 29.0 Å². The minimum absolute atomic E-state index is 0.0830. The topological polar surface area (TPSA) is 104 Å². The van der Waals surface area contributed by atoms with E-state index in [4.69, 9.17) is 5.11 Å². The molecule has 0 aliphatic rings. The average Bonchev–Trinajstić information content (AvgIpc) is 2.69. The van der Waals surface area contributed by atoms with Gasteiger partial charge in [-0.2, -0.15) is 0 Å². The first-order valence-electron chi connectivity index (χ1n) is 5.56. The predicted octanol–water partition coefficient (Wildman–Crippen LogP) is 3.02. The molecule has 1 heterocycles. The number of aryl methyl sites for hydroxylation is 1. The number of hydrogen-bond donors (Lipinski definition) is 3. The van der Waals surface area contributed by atoms with Crippen molar-refractivity contribution < 1.29 is 23.4 Å². The monoisotopic (exact) mass is 391 g/mol. The molecule has 0 aliphatic heterocycles. The van der Waals surface area contributed by atoms with E-state index in [1.54, 1.807) is 6.92 Å². The van der Waals surface area contributed by atoms with Crippen LogP contribution in [0.2, 0.25) is 0 Å². The van der Waals surface area contributed by atoms with Crippen LogP contribution in [-0.4, -0.2) is 24.6 Å². The second-order valence-electron chi connectivity index (χ2n) is 4.16. The van der Waals surface area contributed by atoms with E-state index in [9.17, 15) is 18.3 Å². The molecule has 0 radical (unpaired) electrons. The molecule has 0 unspecified atom stereocenters. The summed E-state index contributed by atoms with van der Waals surface area (Å²) >= 11 is 4.31. The zero-order valence-electron chi connectivity index (χ0n) is 10.6. The van der Waals surface area contributed by atoms with Crippen molar-refractivity contribution in [2.24, 2.45) is 0 Å². The lowest BCUT2D eigenvalue weighted by atomic mass is 10.2. The van der Waals surface area contributed by atoms with Gasteiger partial charge in [-0.25, -0.2) is 13.2 Å². The van der Waals surface area contributed by atoms with Crippen molar-refractivity contribution in [3.05, 3.63) is 39.2 Å². The maximum absolute atomic E-state index is 12.2. The lowest BCUT2D eigenvalue weighted by Gasteiger charge is -2.07. The Hall–Kier alpha value is -1.58. The summed E-state index contributed by atoms with van der Waals surface area (Å²) in [6, 6.07) is 4.97. The Morgan fingerprint density at radius 2 is 2.00 bits per heavy atom. The molecule has 112 valence electrons. The van der Waals surface area contributed by atoms with Gasteiger partial charge in [0.15, 0.2) is 0 Å². The largest absolute Gasteiger partial charge is 0.507 e. The third-order valence-electron chi connectivity index (χ3n) is 2.58. The van der Waals surface area contributed by atoms with Crippen molar-refractivity contribution in [3.63, 3.8) is 0 Å². The number of halogens is 1. The van der Waals surface area contributed by atoms with Crippen LogP contribution < -0.4 is 4.72 Å². The first-order valence-corrected chi connectivity index (χ1v) is 8.65. The lowest BCUT2D eigenvalue weighted by molar-refractivity contribution is 0.0694. The van der Waals surface area contributed by atoms with Crippen LogP contribution in [0.1, 0.15) is 15.9 Å². The highest BCUT2D eigenvalue weighted by atomic mass is 79.9. The van der Waals surface area contributed by atoms with Gasteiger partial charge in [0.1, 0.15) is 15.5 Å². The summed E-state index contributed by atoms with van der Waals surface area (Å²) in [7, 11) is -3.78. The first kappa shape index (κ1) is 15.8. The molecule has 0 bridgehead atoms. The van der Waals surface area contributed by atoms with Gasteiger partial charge in [0.05, 0.1) is 9.47 Å². The van der Waals surface area contributed by atoms with E-state index in [2.05, 4.69) is 20.7 Å². The Bertz CT molecular complexity index is 794. The van der Waals surface area contributed by atoms with Gasteiger partial charge in [0.25, 0.3) is 10.0 Å². The van der Waals surface area contributed by atoms with Crippen LogP contribution in [0, 0.1) is 6.92 Å². The van der Waals surface area contributed by atoms with E-state index in [0.29, 0.717) is 3.79 Å². The highest BCUT2D eigenvalue weighted by Gasteiger charge is 2.19. The molecular weight excluding hydrogens is 382 g/mol. The van der Waals surface area contributed by atoms with Crippen LogP contribution in [0.5, 0.6) is 5.75 Å². The standard InChI is InChI=1S/C12H10BrNO5S2/c1-6-4-10(20-11(6)13)21(18,19)14-7-2-3-8(12(16)17)9(15)5-7/h2-5,14-15H,1H3,(H,16,17). The van der Waals surface area contributed by atoms with Gasteiger partial charge in [-0.05, 0) is 46.6 Å². The van der Waals surface area contributed by atoms with E-state index >= 15 is 0 Å². The molecule has 21 heavy (non-hydrogen) atoms. The molecule has 0 atom stereocenters. The van der Waals surface area contributed by atoms with E-state index in [1.807, 2.05) is 0 Å². The van der Waals surface area contributed by atoms with Crippen LogP contribution in [0.25, 0.3) is 0 Å². The predicted molar refractivity (Wildman–Crippen MR) is 82.6 cm³/mol. The summed E-state index contributed by atoms with van der Waals surface area (Å²) in [6.45, 7) is 1.77. The second kappa shape index (κ2) is 5.66. The second-order valence-corrected chi connectivity index (χ2v) is 8.44. The number of rotatable bonds is 4. The number of sulfonamides is 1. The zero-order chi connectivity index (χ0) is 15.8. The van der Waals surface area contributed by atoms with Crippen LogP contribution in [0.15, 0.2) is 32.3 Å². The number of carbonyl (C=O) groups is 1. The maximum atomic E-state index is 12.2. The quantitative estimate of drug-likeness (QED) is 0.742. The van der Waals surface area contributed by atoms with Gasteiger partial charge in [-0.3, -0.25) is 4.72 Å². The molecule has 0 saturated carbocycles. The van der Waals surface area contributed by atoms with Crippen LogP contribution in [0.3, 0.4) is 0 Å². The molecule has 2 rings (SSSR count). The number of aromatic hydroxyl groups is 1. The van der Waals surface area contributed by atoms with Crippen molar-refractivity contribution in [3.8, 4) is 5.75 Å². The van der Waals surface area contributed by atoms with E-state index < -0.39 is 21.7 Å². The van der Waals surface area contributed by atoms with Gasteiger partial charge in [0.2, 0.25) is 0 Å². The fourth-order valence-electron chi connectivity index (χ4n) is 1.55. The molecule has 0 amide bonds. The van der Waals surface area contributed by atoms with Crippen LogP contribution >= 0.6 is 27.3 Å². The summed E-state index contributed by atoms with van der Waals surface area (Å²) in [5.74, 6) is -1.80. The number of hydrogen-bond acceptors (Lipinski definition) is 5. The molecule has 0 aliphatic carbocycles. The van der Waals surface area contributed by atoms with Crippen LogP contribution in [0.4, 0.5) is 5.69 Å². The average molecular weight is 392 g/mol. The zero-order valence-corrected chi connectivity index (χ0v) is 13.8. The summed E-state index contributed by atoms with van der Waals surface area (Å²) in [6.07, 6.45) is 0. The van der Waals surface area contributed by atoms with Crippen molar-refractivity contribution in [1.82, 2.24) is 0 Å². The summed E-state index contributed by atoms with van der Waals surface area (Å²) in [5.41, 5.74) is 0.580. The van der Waals surface area contributed by atoms with Gasteiger partial charge < -0.3 is 10.2 Å². The van der Waals surface area contributed by atoms with Gasteiger partial charge in [-0.1, -0.05) is 0 Å². The summed E-state index contributed by atoms with van der Waals surface area (Å²) < 4.78 is 27.5. The highest BCUT2D eigenvalue weighted by Crippen LogP contribution is 2.32. The van der Waals surface area contributed by atoms with Crippen molar-refractivity contribution in [2.45, 2.75) is 11.1 Å². The Morgan fingerprint density at radius 3 is 2.48 bits per heavy atom. The number of benzene rings is 1. The van der Waals surface area contributed by atoms with Crippen LogP contribution in [-0.2, 0) is 10.0 Å². The van der Waals surface area contributed by atoms with Crippen molar-refractivity contribution in [1.29, 1.82) is 0 Å². The molecule has 0 saturated heterocycles. The fourth-order valence-corrected chi connectivity index (χ4v) is 4.82. The van der Waals surface area contributed by atoms with Gasteiger partial charge >= 0.3 is 5.97 Å². The SMILES string of the molecule is Cc1cc(S(=O)(=O)Nc2ccc(C(=O)O)c(O)c2)sc1Br. The molecule has 3 N–H and O–H groups in total. The normalized spacial score (nSPS) is 11.3. The maximum Gasteiger partial charge on any atom is 0.339 e. The molecule has 6 nitrogen and oxygen atoms in total. The first-order chi connectivity index (χ1) is 9.70. The Balaban J connectivity index is 2.33. The van der Waals surface area contributed by atoms with E-state index in [1.165, 1.54) is 12.1 Å². The lowest BCUT2D eigenvalue weighted by Crippen LogP contribution is -2.11. The molecule has 1 aromatic carbocycles. The smallest absolute Gasteiger partial charge is 0.339 e. The summed E-state index contributed by atoms with van der Waals surface area (Å²) in [4.78, 5) is 10.8. The number of carboxylic acids is 1. The van der Waals surface area contributed by atoms with Crippen molar-refractivity contribution in [2.75, 3.05) is 4.72 Å². The van der Waals surface area contributed by atoms with Crippen molar-refractivity contribution >= 4 is 48.9 Å². The third kappa shape index (κ3) is 3.36. The molecule has 2 aromatic rings. The number of thiophene rings is 1. The highest BCUT2D eigenvalue weighted by molar-refractivity contribution is 9.11. The fraction of sp³-hybridized carbons (Fsp3) is 0.0833. The Labute approximate surface area is 133 Å². The third-order valence-corrected chi connectivity index (χ3v) is 6.57. The number of carboxylic acid groups (broad SMARTS) is 1. The molecule has 1 aromatic heterocycles. The van der Waals surface area contributed by atoms with Gasteiger partial charge in [-0.15, -0.1) is 11.3 Å². The minimum Gasteiger partial charge on any atom is -0.507 e.